The summed E-state index contributed by atoms with van der Waals surface area (Å²) in [5.41, 5.74) is 5.16. The van der Waals surface area contributed by atoms with Crippen LogP contribution in [0, 0.1) is 12.8 Å². The number of piperidine rings is 1. The molecule has 1 atom stereocenters. The molecule has 2 saturated heterocycles. The van der Waals surface area contributed by atoms with Gasteiger partial charge >= 0.3 is 0 Å². The van der Waals surface area contributed by atoms with Gasteiger partial charge in [0.1, 0.15) is 0 Å². The summed E-state index contributed by atoms with van der Waals surface area (Å²) in [6, 6.07) is 17.5. The number of rotatable bonds is 4. The summed E-state index contributed by atoms with van der Waals surface area (Å²) in [7, 11) is 2.13. The quantitative estimate of drug-likeness (QED) is 0.796. The van der Waals surface area contributed by atoms with Crippen LogP contribution in [0.25, 0.3) is 11.1 Å². The van der Waals surface area contributed by atoms with Crippen molar-refractivity contribution in [1.29, 1.82) is 0 Å². The maximum Gasteiger partial charge on any atom is 0.227 e. The smallest absolute Gasteiger partial charge is 0.227 e. The molecular formula is C25H33N3O. The van der Waals surface area contributed by atoms with Crippen molar-refractivity contribution < 1.29 is 4.79 Å². The number of likely N-dealkylation sites (N-methyl/N-ethyl adjacent to an activating group) is 1. The van der Waals surface area contributed by atoms with Gasteiger partial charge in [0.15, 0.2) is 0 Å². The maximum atomic E-state index is 13.0. The molecule has 0 radical (unpaired) electrons. The summed E-state index contributed by atoms with van der Waals surface area (Å²) in [6.45, 7) is 8.78. The van der Waals surface area contributed by atoms with Crippen LogP contribution in [0.1, 0.15) is 24.0 Å². The fourth-order valence-electron chi connectivity index (χ4n) is 4.62. The molecule has 2 fully saturated rings. The van der Waals surface area contributed by atoms with Gasteiger partial charge in [0.05, 0.1) is 5.92 Å². The maximum absolute atomic E-state index is 13.0. The second kappa shape index (κ2) is 9.10. The topological polar surface area (TPSA) is 26.8 Å². The molecule has 2 aromatic rings. The number of hydrogen-bond donors (Lipinski definition) is 0. The van der Waals surface area contributed by atoms with Crippen molar-refractivity contribution in [1.82, 2.24) is 14.7 Å². The Morgan fingerprint density at radius 3 is 2.45 bits per heavy atom. The van der Waals surface area contributed by atoms with Gasteiger partial charge in [-0.2, -0.15) is 0 Å². The molecule has 0 aliphatic carbocycles. The highest BCUT2D eigenvalue weighted by molar-refractivity contribution is 5.79. The van der Waals surface area contributed by atoms with Gasteiger partial charge in [-0.3, -0.25) is 9.69 Å². The van der Waals surface area contributed by atoms with Crippen molar-refractivity contribution in [2.45, 2.75) is 26.3 Å². The Morgan fingerprint density at radius 1 is 0.966 bits per heavy atom. The van der Waals surface area contributed by atoms with E-state index in [-0.39, 0.29) is 5.92 Å². The third-order valence-electron chi connectivity index (χ3n) is 6.35. The fraction of sp³-hybridized carbons (Fsp3) is 0.480. The average Bonchev–Trinajstić information content (AvgIpc) is 2.74. The zero-order chi connectivity index (χ0) is 20.2. The second-order valence-corrected chi connectivity index (χ2v) is 8.77. The largest absolute Gasteiger partial charge is 0.340 e. The van der Waals surface area contributed by atoms with Gasteiger partial charge in [0, 0.05) is 39.3 Å². The van der Waals surface area contributed by atoms with Crippen molar-refractivity contribution in [3.05, 3.63) is 59.7 Å². The number of hydrogen-bond acceptors (Lipinski definition) is 3. The van der Waals surface area contributed by atoms with Crippen LogP contribution in [0.2, 0.25) is 0 Å². The standard InChI is InChI=1S/C25H33N3O/c1-20-6-3-8-22(16-20)23-9-4-7-21(17-23)18-27-11-5-10-24(19-27)25(29)28-14-12-26(2)13-15-28/h3-4,6-9,16-17,24H,5,10-15,18-19H2,1-2H3. The molecule has 0 aromatic heterocycles. The predicted molar refractivity (Wildman–Crippen MR) is 119 cm³/mol. The van der Waals surface area contributed by atoms with Crippen LogP contribution in [0.3, 0.4) is 0 Å². The number of piperazine rings is 1. The monoisotopic (exact) mass is 391 g/mol. The zero-order valence-electron chi connectivity index (χ0n) is 17.8. The van der Waals surface area contributed by atoms with Crippen LogP contribution in [0.5, 0.6) is 0 Å². The first-order valence-corrected chi connectivity index (χ1v) is 10.9. The molecule has 2 aliphatic heterocycles. The van der Waals surface area contributed by atoms with E-state index in [9.17, 15) is 4.79 Å². The summed E-state index contributed by atoms with van der Waals surface area (Å²) in [5, 5.41) is 0. The van der Waals surface area contributed by atoms with Crippen molar-refractivity contribution in [3.63, 3.8) is 0 Å². The van der Waals surface area contributed by atoms with E-state index in [1.54, 1.807) is 0 Å². The molecular weight excluding hydrogens is 358 g/mol. The normalized spacial score (nSPS) is 21.3. The predicted octanol–water partition coefficient (Wildman–Crippen LogP) is 3.65. The van der Waals surface area contributed by atoms with Gasteiger partial charge < -0.3 is 9.80 Å². The minimum absolute atomic E-state index is 0.159. The summed E-state index contributed by atoms with van der Waals surface area (Å²) in [4.78, 5) is 19.9. The molecule has 2 aliphatic rings. The van der Waals surface area contributed by atoms with E-state index in [4.69, 9.17) is 0 Å². The fourth-order valence-corrected chi connectivity index (χ4v) is 4.62. The third kappa shape index (κ3) is 5.06. The number of amides is 1. The minimum Gasteiger partial charge on any atom is -0.340 e. The lowest BCUT2D eigenvalue weighted by molar-refractivity contribution is -0.139. The molecule has 4 nitrogen and oxygen atoms in total. The molecule has 2 heterocycles. The van der Waals surface area contributed by atoms with Crippen LogP contribution in [0.4, 0.5) is 0 Å². The Kier molecular flexibility index (Phi) is 6.31. The van der Waals surface area contributed by atoms with Crippen LogP contribution >= 0.6 is 0 Å². The molecule has 2 aromatic carbocycles. The van der Waals surface area contributed by atoms with Gasteiger partial charge in [-0.05, 0) is 56.1 Å². The van der Waals surface area contributed by atoms with Crippen molar-refractivity contribution in [2.75, 3.05) is 46.3 Å². The third-order valence-corrected chi connectivity index (χ3v) is 6.35. The SMILES string of the molecule is Cc1cccc(-c2cccc(CN3CCCC(C(=O)N4CCN(C)CC4)C3)c2)c1. The van der Waals surface area contributed by atoms with Crippen LogP contribution in [-0.2, 0) is 11.3 Å². The Labute approximate surface area is 175 Å². The highest BCUT2D eigenvalue weighted by Gasteiger charge is 2.30. The molecule has 4 rings (SSSR count). The van der Waals surface area contributed by atoms with E-state index in [0.717, 1.165) is 58.7 Å². The second-order valence-electron chi connectivity index (χ2n) is 8.77. The van der Waals surface area contributed by atoms with Crippen molar-refractivity contribution >= 4 is 5.91 Å². The van der Waals surface area contributed by atoms with Crippen LogP contribution in [-0.4, -0.2) is 66.9 Å². The number of benzene rings is 2. The summed E-state index contributed by atoms with van der Waals surface area (Å²) >= 11 is 0. The molecule has 0 bridgehead atoms. The zero-order valence-corrected chi connectivity index (χ0v) is 17.8. The Morgan fingerprint density at radius 2 is 1.69 bits per heavy atom. The van der Waals surface area contributed by atoms with Crippen LogP contribution in [0.15, 0.2) is 48.5 Å². The lowest BCUT2D eigenvalue weighted by Gasteiger charge is -2.38. The molecule has 0 saturated carbocycles. The van der Waals surface area contributed by atoms with Crippen LogP contribution < -0.4 is 0 Å². The van der Waals surface area contributed by atoms with Crippen molar-refractivity contribution in [3.8, 4) is 11.1 Å². The summed E-state index contributed by atoms with van der Waals surface area (Å²) in [5.74, 6) is 0.531. The highest BCUT2D eigenvalue weighted by Crippen LogP contribution is 2.24. The number of carbonyl (C=O) groups is 1. The van der Waals surface area contributed by atoms with Gasteiger partial charge in [0.2, 0.25) is 5.91 Å². The first-order valence-electron chi connectivity index (χ1n) is 10.9. The Bertz CT molecular complexity index is 841. The average molecular weight is 392 g/mol. The van der Waals surface area contributed by atoms with E-state index < -0.39 is 0 Å². The van der Waals surface area contributed by atoms with Gasteiger partial charge in [-0.1, -0.05) is 48.0 Å². The molecule has 29 heavy (non-hydrogen) atoms. The lowest BCUT2D eigenvalue weighted by atomic mass is 9.95. The highest BCUT2D eigenvalue weighted by atomic mass is 16.2. The Hall–Kier alpha value is -2.17. The van der Waals surface area contributed by atoms with E-state index in [2.05, 4.69) is 77.2 Å². The number of nitrogens with zero attached hydrogens (tertiary/aromatic N) is 3. The van der Waals surface area contributed by atoms with Gasteiger partial charge in [-0.25, -0.2) is 0 Å². The lowest BCUT2D eigenvalue weighted by Crippen LogP contribution is -2.51. The number of likely N-dealkylation sites (tertiary alicyclic amines) is 1. The van der Waals surface area contributed by atoms with Crippen molar-refractivity contribution in [2.24, 2.45) is 5.92 Å². The molecule has 0 spiro atoms. The molecule has 1 amide bonds. The first-order chi connectivity index (χ1) is 14.1. The van der Waals surface area contributed by atoms with E-state index in [1.807, 2.05) is 0 Å². The number of carbonyl (C=O) groups excluding carboxylic acids is 1. The molecule has 1 unspecified atom stereocenters. The van der Waals surface area contributed by atoms with E-state index in [1.165, 1.54) is 22.3 Å². The summed E-state index contributed by atoms with van der Waals surface area (Å²) in [6.07, 6.45) is 2.15. The molecule has 0 N–H and O–H groups in total. The van der Waals surface area contributed by atoms with E-state index >= 15 is 0 Å². The summed E-state index contributed by atoms with van der Waals surface area (Å²) < 4.78 is 0. The minimum atomic E-state index is 0.159. The first kappa shape index (κ1) is 20.1. The molecule has 4 heteroatoms. The molecule has 154 valence electrons. The number of aryl methyl sites for hydroxylation is 1. The van der Waals surface area contributed by atoms with E-state index in [0.29, 0.717) is 5.91 Å². The van der Waals surface area contributed by atoms with Gasteiger partial charge in [0.25, 0.3) is 0 Å². The van der Waals surface area contributed by atoms with Gasteiger partial charge in [-0.15, -0.1) is 0 Å². The Balaban J connectivity index is 1.39.